The second-order valence-corrected chi connectivity index (χ2v) is 7.17. The fourth-order valence-corrected chi connectivity index (χ4v) is 3.58. The summed E-state index contributed by atoms with van der Waals surface area (Å²) in [4.78, 5) is 0. The number of hydrogen-bond donors (Lipinski definition) is 1. The van der Waals surface area contributed by atoms with Crippen molar-refractivity contribution in [3.63, 3.8) is 0 Å². The van der Waals surface area contributed by atoms with Crippen molar-refractivity contribution in [2.24, 2.45) is 5.92 Å². The van der Waals surface area contributed by atoms with Gasteiger partial charge in [-0.25, -0.2) is 0 Å². The highest BCUT2D eigenvalue weighted by Crippen LogP contribution is 2.24. The first-order chi connectivity index (χ1) is 9.76. The first kappa shape index (κ1) is 18.0. The van der Waals surface area contributed by atoms with Crippen molar-refractivity contribution in [2.45, 2.75) is 116 Å². The Morgan fingerprint density at radius 3 is 2.10 bits per heavy atom. The number of unbranched alkanes of at least 4 members (excludes halogenated alkanes) is 4. The molecule has 120 valence electrons. The summed E-state index contributed by atoms with van der Waals surface area (Å²) in [5, 5.41) is 4.03. The minimum Gasteiger partial charge on any atom is -0.311 e. The third kappa shape index (κ3) is 8.29. The summed E-state index contributed by atoms with van der Waals surface area (Å²) in [6.07, 6.45) is 18.3. The highest BCUT2D eigenvalue weighted by atomic mass is 14.9. The molecule has 0 bridgehead atoms. The second-order valence-electron chi connectivity index (χ2n) is 7.17. The third-order valence-electron chi connectivity index (χ3n) is 5.04. The van der Waals surface area contributed by atoms with Crippen molar-refractivity contribution in [3.05, 3.63) is 0 Å². The van der Waals surface area contributed by atoms with Gasteiger partial charge in [-0.05, 0) is 38.0 Å². The van der Waals surface area contributed by atoms with Gasteiger partial charge in [0.2, 0.25) is 0 Å². The average Bonchev–Trinajstić information content (AvgIpc) is 2.64. The van der Waals surface area contributed by atoms with Crippen LogP contribution in [0.2, 0.25) is 0 Å². The van der Waals surface area contributed by atoms with E-state index in [9.17, 15) is 0 Å². The molecular formula is C19H39N. The average molecular weight is 282 g/mol. The summed E-state index contributed by atoms with van der Waals surface area (Å²) in [6, 6.07) is 1.61. The minimum atomic E-state index is 0.798. The lowest BCUT2D eigenvalue weighted by Gasteiger charge is -2.25. The lowest BCUT2D eigenvalue weighted by atomic mass is 9.99. The number of rotatable bonds is 10. The predicted octanol–water partition coefficient (Wildman–Crippen LogP) is 6.07. The first-order valence-electron chi connectivity index (χ1n) is 9.52. The number of hydrogen-bond acceptors (Lipinski definition) is 1. The second kappa shape index (κ2) is 11.6. The van der Waals surface area contributed by atoms with Gasteiger partial charge in [-0.1, -0.05) is 72.1 Å². The largest absolute Gasteiger partial charge is 0.311 e. The normalized spacial score (nSPS) is 24.0. The van der Waals surface area contributed by atoms with Gasteiger partial charge in [0.15, 0.2) is 0 Å². The molecule has 2 unspecified atom stereocenters. The zero-order valence-corrected chi connectivity index (χ0v) is 14.4. The van der Waals surface area contributed by atoms with Crippen molar-refractivity contribution in [1.82, 2.24) is 5.32 Å². The molecule has 0 aliphatic heterocycles. The van der Waals surface area contributed by atoms with Gasteiger partial charge in [-0.3, -0.25) is 0 Å². The molecule has 0 spiro atoms. The van der Waals surface area contributed by atoms with Crippen LogP contribution in [0.5, 0.6) is 0 Å². The maximum atomic E-state index is 4.03. The molecule has 2 atom stereocenters. The molecule has 0 aromatic carbocycles. The van der Waals surface area contributed by atoms with Crippen LogP contribution in [0, 0.1) is 5.92 Å². The lowest BCUT2D eigenvalue weighted by molar-refractivity contribution is 0.345. The molecule has 0 aromatic rings. The van der Waals surface area contributed by atoms with Gasteiger partial charge in [0.1, 0.15) is 0 Å². The Morgan fingerprint density at radius 2 is 1.50 bits per heavy atom. The Hall–Kier alpha value is -0.0400. The maximum Gasteiger partial charge on any atom is 0.00697 e. The third-order valence-corrected chi connectivity index (χ3v) is 5.04. The molecule has 20 heavy (non-hydrogen) atoms. The zero-order valence-electron chi connectivity index (χ0n) is 14.4. The smallest absolute Gasteiger partial charge is 0.00697 e. The molecule has 1 aliphatic rings. The van der Waals surface area contributed by atoms with E-state index in [0.29, 0.717) is 0 Å². The van der Waals surface area contributed by atoms with Gasteiger partial charge in [0, 0.05) is 12.1 Å². The van der Waals surface area contributed by atoms with Gasteiger partial charge in [-0.2, -0.15) is 0 Å². The first-order valence-corrected chi connectivity index (χ1v) is 9.52. The van der Waals surface area contributed by atoms with Gasteiger partial charge >= 0.3 is 0 Å². The molecular weight excluding hydrogens is 242 g/mol. The summed E-state index contributed by atoms with van der Waals surface area (Å²) in [5.74, 6) is 0.959. The van der Waals surface area contributed by atoms with E-state index >= 15 is 0 Å². The minimum absolute atomic E-state index is 0.798. The molecule has 1 rings (SSSR count). The van der Waals surface area contributed by atoms with Crippen LogP contribution in [0.25, 0.3) is 0 Å². The Morgan fingerprint density at radius 1 is 0.850 bits per heavy atom. The standard InChI is InChI=1S/C19H39N/c1-4-6-8-12-18(13-9-7-5-2)20-19-14-10-11-17(3)15-16-19/h17-20H,4-16H2,1-3H3. The Kier molecular flexibility index (Phi) is 10.4. The molecule has 0 amide bonds. The van der Waals surface area contributed by atoms with Crippen LogP contribution >= 0.6 is 0 Å². The summed E-state index contributed by atoms with van der Waals surface area (Å²) in [7, 11) is 0. The molecule has 0 saturated heterocycles. The predicted molar refractivity (Wildman–Crippen MR) is 91.2 cm³/mol. The Balaban J connectivity index is 2.32. The summed E-state index contributed by atoms with van der Waals surface area (Å²) >= 11 is 0. The molecule has 1 aliphatic carbocycles. The summed E-state index contributed by atoms with van der Waals surface area (Å²) in [6.45, 7) is 7.06. The monoisotopic (exact) mass is 281 g/mol. The van der Waals surface area contributed by atoms with Crippen molar-refractivity contribution >= 4 is 0 Å². The molecule has 1 heteroatoms. The van der Waals surface area contributed by atoms with Crippen molar-refractivity contribution in [3.8, 4) is 0 Å². The highest BCUT2D eigenvalue weighted by molar-refractivity contribution is 4.78. The van der Waals surface area contributed by atoms with E-state index in [0.717, 1.165) is 18.0 Å². The quantitative estimate of drug-likeness (QED) is 0.378. The molecule has 1 fully saturated rings. The van der Waals surface area contributed by atoms with Gasteiger partial charge in [0.25, 0.3) is 0 Å². The fourth-order valence-electron chi connectivity index (χ4n) is 3.58. The Labute approximate surface area is 128 Å². The number of nitrogens with one attached hydrogen (secondary N) is 1. The zero-order chi connectivity index (χ0) is 14.6. The van der Waals surface area contributed by atoms with Crippen LogP contribution in [0.3, 0.4) is 0 Å². The van der Waals surface area contributed by atoms with Gasteiger partial charge < -0.3 is 5.32 Å². The van der Waals surface area contributed by atoms with Crippen molar-refractivity contribution < 1.29 is 0 Å². The van der Waals surface area contributed by atoms with Crippen LogP contribution in [0.1, 0.15) is 104 Å². The molecule has 0 aromatic heterocycles. The molecule has 1 nitrogen and oxygen atoms in total. The molecule has 1 N–H and O–H groups in total. The summed E-state index contributed by atoms with van der Waals surface area (Å²) < 4.78 is 0. The molecule has 0 radical (unpaired) electrons. The molecule has 1 saturated carbocycles. The fraction of sp³-hybridized carbons (Fsp3) is 1.00. The van der Waals surface area contributed by atoms with E-state index in [2.05, 4.69) is 26.1 Å². The highest BCUT2D eigenvalue weighted by Gasteiger charge is 2.19. The van der Waals surface area contributed by atoms with Crippen LogP contribution in [0.4, 0.5) is 0 Å². The topological polar surface area (TPSA) is 12.0 Å². The van der Waals surface area contributed by atoms with Gasteiger partial charge in [0.05, 0.1) is 0 Å². The van der Waals surface area contributed by atoms with Crippen molar-refractivity contribution in [2.75, 3.05) is 0 Å². The lowest BCUT2D eigenvalue weighted by Crippen LogP contribution is -2.38. The summed E-state index contributed by atoms with van der Waals surface area (Å²) in [5.41, 5.74) is 0. The van der Waals surface area contributed by atoms with Crippen molar-refractivity contribution in [1.29, 1.82) is 0 Å². The van der Waals surface area contributed by atoms with E-state index in [1.54, 1.807) is 0 Å². The van der Waals surface area contributed by atoms with Crippen LogP contribution < -0.4 is 5.32 Å². The maximum absolute atomic E-state index is 4.03. The van der Waals surface area contributed by atoms with Crippen LogP contribution in [-0.2, 0) is 0 Å². The molecule has 0 heterocycles. The van der Waals surface area contributed by atoms with E-state index in [4.69, 9.17) is 0 Å². The van der Waals surface area contributed by atoms with E-state index in [1.165, 1.54) is 83.5 Å². The Bertz CT molecular complexity index is 204. The van der Waals surface area contributed by atoms with Crippen LogP contribution in [0.15, 0.2) is 0 Å². The van der Waals surface area contributed by atoms with Gasteiger partial charge in [-0.15, -0.1) is 0 Å². The van der Waals surface area contributed by atoms with E-state index < -0.39 is 0 Å². The SMILES string of the molecule is CCCCCC(CCCCC)NC1CCCC(C)CC1. The van der Waals surface area contributed by atoms with Crippen LogP contribution in [-0.4, -0.2) is 12.1 Å². The van der Waals surface area contributed by atoms with E-state index in [1.807, 2.05) is 0 Å². The van der Waals surface area contributed by atoms with E-state index in [-0.39, 0.29) is 0 Å².